The van der Waals surface area contributed by atoms with Crippen molar-refractivity contribution in [2.75, 3.05) is 6.54 Å². The molecule has 0 radical (unpaired) electrons. The van der Waals surface area contributed by atoms with Crippen LogP contribution in [0.4, 0.5) is 8.90 Å². The van der Waals surface area contributed by atoms with Crippen LogP contribution in [-0.4, -0.2) is 39.4 Å². The Labute approximate surface area is 102 Å². The SMILES string of the molecule is F.N=C(N)NCCC[C@H](N)C(=O)O.O=P(O)(O)F. The molecule has 0 bridgehead atoms. The summed E-state index contributed by atoms with van der Waals surface area (Å²) in [7, 11) is -5.14. The molecule has 0 aromatic rings. The first kappa shape index (κ1) is 21.9. The summed E-state index contributed by atoms with van der Waals surface area (Å²) in [5.41, 5.74) is 10.2. The minimum absolute atomic E-state index is 0. The maximum Gasteiger partial charge on any atom is 0.507 e. The average Bonchev–Trinajstić information content (AvgIpc) is 2.08. The summed E-state index contributed by atoms with van der Waals surface area (Å²) in [5, 5.41) is 17.7. The van der Waals surface area contributed by atoms with Crippen molar-refractivity contribution in [3.63, 3.8) is 0 Å². The number of rotatable bonds is 5. The molecule has 0 saturated heterocycles. The van der Waals surface area contributed by atoms with Gasteiger partial charge in [0.15, 0.2) is 5.96 Å². The van der Waals surface area contributed by atoms with Gasteiger partial charge in [0.1, 0.15) is 6.04 Å². The van der Waals surface area contributed by atoms with Crippen LogP contribution < -0.4 is 16.8 Å². The number of nitrogens with one attached hydrogen (secondary N) is 2. The third-order valence-corrected chi connectivity index (χ3v) is 1.32. The van der Waals surface area contributed by atoms with Gasteiger partial charge in [-0.2, -0.15) is 0 Å². The second-order valence-corrected chi connectivity index (χ2v) is 3.85. The van der Waals surface area contributed by atoms with Crippen molar-refractivity contribution < 1.29 is 33.2 Å². The van der Waals surface area contributed by atoms with Crippen LogP contribution in [0.2, 0.25) is 0 Å². The van der Waals surface area contributed by atoms with Crippen LogP contribution >= 0.6 is 7.91 Å². The largest absolute Gasteiger partial charge is 0.507 e. The highest BCUT2D eigenvalue weighted by molar-refractivity contribution is 7.45. The Morgan fingerprint density at radius 1 is 1.50 bits per heavy atom. The zero-order valence-corrected chi connectivity index (χ0v) is 10.1. The third-order valence-electron chi connectivity index (χ3n) is 1.32. The van der Waals surface area contributed by atoms with Crippen molar-refractivity contribution in [1.82, 2.24) is 5.32 Å². The molecule has 18 heavy (non-hydrogen) atoms. The standard InChI is InChI=1S/C6H14N4O2.FH2O3P.FH/c7-4(5(11)12)2-1-3-10-6(8)9;1-5(2,3)4;/h4H,1-3,7H2,(H,11,12)(H4,8,9,10);(H2,2,3,4);1H/t4-;;/m0../s1. The van der Waals surface area contributed by atoms with Crippen molar-refractivity contribution in [1.29, 1.82) is 5.41 Å². The van der Waals surface area contributed by atoms with Gasteiger partial charge in [-0.1, -0.05) is 0 Å². The summed E-state index contributed by atoms with van der Waals surface area (Å²) >= 11 is 0. The summed E-state index contributed by atoms with van der Waals surface area (Å²) < 4.78 is 19.0. The molecule has 0 spiro atoms. The maximum absolute atomic E-state index is 10.4. The highest BCUT2D eigenvalue weighted by Crippen LogP contribution is 2.34. The number of hydrogen-bond acceptors (Lipinski definition) is 4. The first-order chi connectivity index (χ1) is 7.54. The normalized spacial score (nSPS) is 11.3. The van der Waals surface area contributed by atoms with E-state index in [9.17, 15) is 8.99 Å². The Morgan fingerprint density at radius 3 is 2.17 bits per heavy atom. The van der Waals surface area contributed by atoms with Gasteiger partial charge in [-0.15, -0.1) is 4.20 Å². The predicted octanol–water partition coefficient (Wildman–Crippen LogP) is -1.14. The number of carboxylic acid groups (broad SMARTS) is 1. The van der Waals surface area contributed by atoms with Crippen LogP contribution in [0.1, 0.15) is 12.8 Å². The molecule has 110 valence electrons. The molecule has 0 heterocycles. The lowest BCUT2D eigenvalue weighted by molar-refractivity contribution is -0.138. The van der Waals surface area contributed by atoms with E-state index in [-0.39, 0.29) is 10.7 Å². The summed E-state index contributed by atoms with van der Waals surface area (Å²) in [6.07, 6.45) is 0.975. The highest BCUT2D eigenvalue weighted by atomic mass is 31.2. The summed E-state index contributed by atoms with van der Waals surface area (Å²) in [6, 6.07) is -0.821. The average molecular weight is 294 g/mol. The lowest BCUT2D eigenvalue weighted by Gasteiger charge is -2.06. The Hall–Kier alpha value is -1.29. The number of nitrogens with two attached hydrogens (primary N) is 2. The zero-order valence-electron chi connectivity index (χ0n) is 9.24. The number of hydrogen-bond donors (Lipinski definition) is 7. The lowest BCUT2D eigenvalue weighted by atomic mass is 10.2. The van der Waals surface area contributed by atoms with Gasteiger partial charge in [0.05, 0.1) is 0 Å². The molecule has 0 saturated carbocycles. The van der Waals surface area contributed by atoms with Gasteiger partial charge in [0, 0.05) is 6.54 Å². The highest BCUT2D eigenvalue weighted by Gasteiger charge is 2.09. The van der Waals surface area contributed by atoms with Gasteiger partial charge >= 0.3 is 13.9 Å². The molecular formula is C6H17F2N4O5P. The Bertz CT molecular complexity index is 291. The first-order valence-electron chi connectivity index (χ1n) is 4.35. The Balaban J connectivity index is -0.000000321. The lowest BCUT2D eigenvalue weighted by Crippen LogP contribution is -2.34. The minimum atomic E-state index is -5.14. The maximum atomic E-state index is 10.4. The van der Waals surface area contributed by atoms with E-state index in [1.165, 1.54) is 0 Å². The van der Waals surface area contributed by atoms with Crippen LogP contribution in [0.3, 0.4) is 0 Å². The van der Waals surface area contributed by atoms with Gasteiger partial charge in [0.25, 0.3) is 0 Å². The van der Waals surface area contributed by atoms with Gasteiger partial charge in [-0.25, -0.2) is 4.57 Å². The topological polar surface area (TPSA) is 183 Å². The van der Waals surface area contributed by atoms with E-state index in [4.69, 9.17) is 36.3 Å². The molecule has 0 aliphatic carbocycles. The van der Waals surface area contributed by atoms with Crippen LogP contribution in [0.25, 0.3) is 0 Å². The molecule has 0 aromatic carbocycles. The molecule has 0 amide bonds. The van der Waals surface area contributed by atoms with Gasteiger partial charge in [-0.05, 0) is 12.8 Å². The number of halogens is 2. The fourth-order valence-electron chi connectivity index (χ4n) is 0.669. The number of carboxylic acids is 1. The quantitative estimate of drug-likeness (QED) is 0.144. The van der Waals surface area contributed by atoms with E-state index in [2.05, 4.69) is 5.32 Å². The first-order valence-corrected chi connectivity index (χ1v) is 5.86. The molecule has 0 unspecified atom stereocenters. The molecule has 9 N–H and O–H groups in total. The fraction of sp³-hybridized carbons (Fsp3) is 0.667. The van der Waals surface area contributed by atoms with Crippen LogP contribution in [0.15, 0.2) is 0 Å². The molecule has 0 aliphatic rings. The number of carbonyl (C=O) groups is 1. The van der Waals surface area contributed by atoms with Crippen LogP contribution in [0.5, 0.6) is 0 Å². The number of aliphatic carboxylic acids is 1. The monoisotopic (exact) mass is 294 g/mol. The molecule has 0 fully saturated rings. The Morgan fingerprint density at radius 2 is 1.89 bits per heavy atom. The van der Waals surface area contributed by atoms with E-state index < -0.39 is 19.9 Å². The van der Waals surface area contributed by atoms with Crippen molar-refractivity contribution in [2.24, 2.45) is 11.5 Å². The second-order valence-electron chi connectivity index (χ2n) is 2.90. The fourth-order valence-corrected chi connectivity index (χ4v) is 0.669. The molecule has 1 atom stereocenters. The van der Waals surface area contributed by atoms with Gasteiger partial charge in [-0.3, -0.25) is 24.7 Å². The molecular weight excluding hydrogens is 277 g/mol. The molecule has 0 rings (SSSR count). The molecule has 0 aromatic heterocycles. The van der Waals surface area contributed by atoms with Crippen molar-refractivity contribution in [2.45, 2.75) is 18.9 Å². The second kappa shape index (κ2) is 10.8. The zero-order chi connectivity index (χ0) is 14.1. The Kier molecular flexibility index (Phi) is 13.2. The predicted molar refractivity (Wildman–Crippen MR) is 60.4 cm³/mol. The van der Waals surface area contributed by atoms with Crippen molar-refractivity contribution >= 4 is 19.8 Å². The van der Waals surface area contributed by atoms with E-state index in [1.54, 1.807) is 0 Å². The summed E-state index contributed by atoms with van der Waals surface area (Å²) in [5.74, 6) is -1.11. The van der Waals surface area contributed by atoms with Gasteiger partial charge < -0.3 is 21.9 Å². The smallest absolute Gasteiger partial charge is 0.480 e. The van der Waals surface area contributed by atoms with Crippen molar-refractivity contribution in [3.8, 4) is 0 Å². The molecule has 9 nitrogen and oxygen atoms in total. The third kappa shape index (κ3) is 29.3. The number of guanidine groups is 1. The van der Waals surface area contributed by atoms with E-state index >= 15 is 0 Å². The molecule has 0 aliphatic heterocycles. The van der Waals surface area contributed by atoms with E-state index in [1.807, 2.05) is 0 Å². The van der Waals surface area contributed by atoms with Gasteiger partial charge in [0.2, 0.25) is 0 Å². The van der Waals surface area contributed by atoms with E-state index in [0.717, 1.165) is 0 Å². The van der Waals surface area contributed by atoms with Crippen LogP contribution in [0, 0.1) is 5.41 Å². The van der Waals surface area contributed by atoms with E-state index in [0.29, 0.717) is 19.4 Å². The molecule has 12 heteroatoms. The van der Waals surface area contributed by atoms with Crippen LogP contribution in [-0.2, 0) is 9.36 Å². The minimum Gasteiger partial charge on any atom is -0.480 e. The summed E-state index contributed by atoms with van der Waals surface area (Å²) in [6.45, 7) is 0.482. The summed E-state index contributed by atoms with van der Waals surface area (Å²) in [4.78, 5) is 24.1. The van der Waals surface area contributed by atoms with Crippen molar-refractivity contribution in [3.05, 3.63) is 0 Å².